The predicted octanol–water partition coefficient (Wildman–Crippen LogP) is 1.70. The van der Waals surface area contributed by atoms with Crippen LogP contribution in [-0.4, -0.2) is 26.2 Å². The summed E-state index contributed by atoms with van der Waals surface area (Å²) in [6.07, 6.45) is -0.155. The first kappa shape index (κ1) is 14.4. The predicted molar refractivity (Wildman–Crippen MR) is 67.7 cm³/mol. The van der Waals surface area contributed by atoms with E-state index in [1.54, 1.807) is 19.9 Å². The summed E-state index contributed by atoms with van der Waals surface area (Å²) in [7, 11) is -3.54. The number of rotatable bonds is 5. The molecule has 0 aliphatic carbocycles. The maximum absolute atomic E-state index is 11.8. The summed E-state index contributed by atoms with van der Waals surface area (Å²) in [6.45, 7) is 3.61. The van der Waals surface area contributed by atoms with Crippen molar-refractivity contribution in [3.63, 3.8) is 0 Å². The van der Waals surface area contributed by atoms with Crippen molar-refractivity contribution >= 4 is 21.6 Å². The summed E-state index contributed by atoms with van der Waals surface area (Å²) in [5, 5.41) is 9.46. The minimum absolute atomic E-state index is 0.138. The molecule has 6 heteroatoms. The van der Waals surface area contributed by atoms with Gasteiger partial charge in [0, 0.05) is 11.6 Å². The van der Waals surface area contributed by atoms with Gasteiger partial charge in [-0.3, -0.25) is 0 Å². The molecule has 0 amide bonds. The van der Waals surface area contributed by atoms with Gasteiger partial charge in [0.05, 0.1) is 11.0 Å². The molecule has 1 aromatic carbocycles. The van der Waals surface area contributed by atoms with Gasteiger partial charge in [0.25, 0.3) is 0 Å². The van der Waals surface area contributed by atoms with Gasteiger partial charge in [-0.25, -0.2) is 13.1 Å². The molecule has 0 aliphatic rings. The van der Waals surface area contributed by atoms with Crippen molar-refractivity contribution in [3.05, 3.63) is 28.8 Å². The van der Waals surface area contributed by atoms with Crippen molar-refractivity contribution in [1.29, 1.82) is 0 Å². The molecule has 4 nitrogen and oxygen atoms in total. The third-order valence-corrected chi connectivity index (χ3v) is 4.17. The molecule has 1 unspecified atom stereocenters. The molecule has 0 saturated carbocycles. The largest absolute Gasteiger partial charge is 0.393 e. The summed E-state index contributed by atoms with van der Waals surface area (Å²) in [5.74, 6) is 0. The topological polar surface area (TPSA) is 66.4 Å². The van der Waals surface area contributed by atoms with Crippen molar-refractivity contribution in [3.8, 4) is 0 Å². The molecule has 0 aromatic heterocycles. The van der Waals surface area contributed by atoms with E-state index in [1.165, 1.54) is 12.1 Å². The van der Waals surface area contributed by atoms with Gasteiger partial charge in [-0.05, 0) is 38.0 Å². The molecule has 0 spiro atoms. The van der Waals surface area contributed by atoms with E-state index in [9.17, 15) is 8.42 Å². The van der Waals surface area contributed by atoms with Crippen molar-refractivity contribution in [2.24, 2.45) is 0 Å². The van der Waals surface area contributed by atoms with Gasteiger partial charge >= 0.3 is 0 Å². The summed E-state index contributed by atoms with van der Waals surface area (Å²) in [5.41, 5.74) is 0.828. The van der Waals surface area contributed by atoms with Crippen LogP contribution in [-0.2, 0) is 10.0 Å². The van der Waals surface area contributed by atoms with Crippen LogP contribution in [0.3, 0.4) is 0 Å². The van der Waals surface area contributed by atoms with E-state index < -0.39 is 16.1 Å². The third-order valence-electron chi connectivity index (χ3n) is 2.31. The molecule has 0 aliphatic heterocycles. The highest BCUT2D eigenvalue weighted by Crippen LogP contribution is 2.19. The molecule has 0 fully saturated rings. The SMILES string of the molecule is Cc1ccc(S(=O)(=O)NCCC(C)O)cc1Cl. The first-order valence-electron chi connectivity index (χ1n) is 5.27. The van der Waals surface area contributed by atoms with Crippen molar-refractivity contribution in [1.82, 2.24) is 4.72 Å². The van der Waals surface area contributed by atoms with Crippen molar-refractivity contribution < 1.29 is 13.5 Å². The Kier molecular flexibility index (Phi) is 4.94. The Morgan fingerprint density at radius 1 is 1.47 bits per heavy atom. The quantitative estimate of drug-likeness (QED) is 0.861. The van der Waals surface area contributed by atoms with Gasteiger partial charge in [-0.15, -0.1) is 0 Å². The van der Waals surface area contributed by atoms with Gasteiger partial charge < -0.3 is 5.11 Å². The first-order chi connectivity index (χ1) is 7.83. The summed E-state index contributed by atoms with van der Waals surface area (Å²) in [6, 6.07) is 4.58. The molecule has 0 saturated heterocycles. The number of aliphatic hydroxyl groups excluding tert-OH is 1. The van der Waals surface area contributed by atoms with Crippen LogP contribution in [0.5, 0.6) is 0 Å². The highest BCUT2D eigenvalue weighted by molar-refractivity contribution is 7.89. The molecule has 1 aromatic rings. The summed E-state index contributed by atoms with van der Waals surface area (Å²) < 4.78 is 26.1. The van der Waals surface area contributed by atoms with Crippen LogP contribution in [0.2, 0.25) is 5.02 Å². The van der Waals surface area contributed by atoms with E-state index in [-0.39, 0.29) is 11.4 Å². The van der Waals surface area contributed by atoms with Gasteiger partial charge in [0.1, 0.15) is 0 Å². The lowest BCUT2D eigenvalue weighted by molar-refractivity contribution is 0.186. The molecular formula is C11H16ClNO3S. The normalized spacial score (nSPS) is 13.6. The molecule has 0 bridgehead atoms. The van der Waals surface area contributed by atoms with Gasteiger partial charge in [-0.1, -0.05) is 17.7 Å². The minimum atomic E-state index is -3.54. The Morgan fingerprint density at radius 2 is 2.12 bits per heavy atom. The first-order valence-corrected chi connectivity index (χ1v) is 7.13. The molecule has 0 radical (unpaired) electrons. The van der Waals surface area contributed by atoms with Crippen LogP contribution in [0.4, 0.5) is 0 Å². The Morgan fingerprint density at radius 3 is 2.65 bits per heavy atom. The number of halogens is 1. The molecule has 1 atom stereocenters. The third kappa shape index (κ3) is 4.27. The van der Waals surface area contributed by atoms with Crippen LogP contribution in [0.1, 0.15) is 18.9 Å². The fourth-order valence-corrected chi connectivity index (χ4v) is 2.54. The van der Waals surface area contributed by atoms with Crippen LogP contribution in [0.15, 0.2) is 23.1 Å². The van der Waals surface area contributed by atoms with E-state index in [4.69, 9.17) is 16.7 Å². The Balaban J connectivity index is 2.79. The van der Waals surface area contributed by atoms with Crippen LogP contribution >= 0.6 is 11.6 Å². The standard InChI is InChI=1S/C11H16ClNO3S/c1-8-3-4-10(7-11(8)12)17(15,16)13-6-5-9(2)14/h3-4,7,9,13-14H,5-6H2,1-2H3. The van der Waals surface area contributed by atoms with Gasteiger partial charge in [-0.2, -0.15) is 0 Å². The van der Waals surface area contributed by atoms with Crippen molar-refractivity contribution in [2.75, 3.05) is 6.54 Å². The number of aryl methyl sites for hydroxylation is 1. The van der Waals surface area contributed by atoms with E-state index in [0.717, 1.165) is 5.56 Å². The Labute approximate surface area is 107 Å². The zero-order valence-corrected chi connectivity index (χ0v) is 11.3. The summed E-state index contributed by atoms with van der Waals surface area (Å²) >= 11 is 5.87. The zero-order valence-electron chi connectivity index (χ0n) is 9.77. The second kappa shape index (κ2) is 5.82. The minimum Gasteiger partial charge on any atom is -0.393 e. The van der Waals surface area contributed by atoms with E-state index in [0.29, 0.717) is 11.4 Å². The number of benzene rings is 1. The van der Waals surface area contributed by atoms with E-state index in [2.05, 4.69) is 4.72 Å². The lowest BCUT2D eigenvalue weighted by atomic mass is 10.2. The molecule has 2 N–H and O–H groups in total. The molecular weight excluding hydrogens is 262 g/mol. The Bertz CT molecular complexity index is 485. The maximum atomic E-state index is 11.8. The fourth-order valence-electron chi connectivity index (χ4n) is 1.23. The maximum Gasteiger partial charge on any atom is 0.240 e. The van der Waals surface area contributed by atoms with E-state index in [1.807, 2.05) is 0 Å². The Hall–Kier alpha value is -0.620. The number of hydrogen-bond acceptors (Lipinski definition) is 3. The number of aliphatic hydroxyl groups is 1. The van der Waals surface area contributed by atoms with Crippen LogP contribution in [0, 0.1) is 6.92 Å². The smallest absolute Gasteiger partial charge is 0.240 e. The average Bonchev–Trinajstić information content (AvgIpc) is 2.21. The lowest BCUT2D eigenvalue weighted by Gasteiger charge is -2.08. The summed E-state index contributed by atoms with van der Waals surface area (Å²) in [4.78, 5) is 0.138. The van der Waals surface area contributed by atoms with Gasteiger partial charge in [0.15, 0.2) is 0 Å². The number of sulfonamides is 1. The lowest BCUT2D eigenvalue weighted by Crippen LogP contribution is -2.26. The highest BCUT2D eigenvalue weighted by atomic mass is 35.5. The van der Waals surface area contributed by atoms with E-state index >= 15 is 0 Å². The monoisotopic (exact) mass is 277 g/mol. The molecule has 0 heterocycles. The van der Waals surface area contributed by atoms with Crippen LogP contribution in [0.25, 0.3) is 0 Å². The number of hydrogen-bond donors (Lipinski definition) is 2. The molecule has 17 heavy (non-hydrogen) atoms. The van der Waals surface area contributed by atoms with Gasteiger partial charge in [0.2, 0.25) is 10.0 Å². The zero-order chi connectivity index (χ0) is 13.1. The second-order valence-corrected chi connectivity index (χ2v) is 6.12. The highest BCUT2D eigenvalue weighted by Gasteiger charge is 2.14. The average molecular weight is 278 g/mol. The second-order valence-electron chi connectivity index (χ2n) is 3.95. The van der Waals surface area contributed by atoms with Crippen LogP contribution < -0.4 is 4.72 Å². The molecule has 96 valence electrons. The van der Waals surface area contributed by atoms with Crippen molar-refractivity contribution in [2.45, 2.75) is 31.3 Å². The fraction of sp³-hybridized carbons (Fsp3) is 0.455. The molecule has 1 rings (SSSR count). The number of nitrogens with one attached hydrogen (secondary N) is 1.